The molecule has 2 nitrogen and oxygen atoms in total. The van der Waals surface area contributed by atoms with Crippen LogP contribution in [0.3, 0.4) is 0 Å². The van der Waals surface area contributed by atoms with Crippen LogP contribution in [0.1, 0.15) is 0 Å². The Kier molecular flexibility index (Phi) is 1.18. The van der Waals surface area contributed by atoms with E-state index in [0.29, 0.717) is 0 Å². The SMILES string of the molecule is O=C1OCC(F)(F)C1(F)F. The van der Waals surface area contributed by atoms with Gasteiger partial charge in [-0.3, -0.25) is 0 Å². The summed E-state index contributed by atoms with van der Waals surface area (Å²) in [7, 11) is 0. The number of ether oxygens (including phenoxy) is 1. The Labute approximate surface area is 52.8 Å². The van der Waals surface area contributed by atoms with Crippen LogP contribution in [-0.4, -0.2) is 24.4 Å². The lowest BCUT2D eigenvalue weighted by Gasteiger charge is -2.11. The first-order chi connectivity index (χ1) is 4.38. The second-order valence-corrected chi connectivity index (χ2v) is 1.85. The minimum Gasteiger partial charge on any atom is -0.454 e. The molecule has 1 fully saturated rings. The lowest BCUT2D eigenvalue weighted by molar-refractivity contribution is -0.186. The zero-order chi connectivity index (χ0) is 7.99. The van der Waals surface area contributed by atoms with Crippen molar-refractivity contribution in [2.24, 2.45) is 0 Å². The first-order valence-corrected chi connectivity index (χ1v) is 2.31. The third-order valence-electron chi connectivity index (χ3n) is 1.10. The minimum absolute atomic E-state index is 1.53. The Morgan fingerprint density at radius 1 is 1.30 bits per heavy atom. The zero-order valence-corrected chi connectivity index (χ0v) is 4.54. The van der Waals surface area contributed by atoms with Gasteiger partial charge in [0.15, 0.2) is 6.61 Å². The van der Waals surface area contributed by atoms with E-state index in [1.807, 2.05) is 0 Å². The molecule has 1 aliphatic rings. The van der Waals surface area contributed by atoms with Gasteiger partial charge in [-0.1, -0.05) is 0 Å². The topological polar surface area (TPSA) is 26.3 Å². The van der Waals surface area contributed by atoms with Gasteiger partial charge in [-0.2, -0.15) is 17.6 Å². The Morgan fingerprint density at radius 3 is 1.90 bits per heavy atom. The van der Waals surface area contributed by atoms with E-state index in [2.05, 4.69) is 4.74 Å². The molecular formula is C4H2F4O2. The van der Waals surface area contributed by atoms with Crippen LogP contribution >= 0.6 is 0 Å². The molecule has 0 spiro atoms. The average molecular weight is 158 g/mol. The molecule has 0 unspecified atom stereocenters. The molecular weight excluding hydrogens is 156 g/mol. The Balaban J connectivity index is 2.95. The van der Waals surface area contributed by atoms with E-state index in [4.69, 9.17) is 0 Å². The largest absolute Gasteiger partial charge is 0.454 e. The van der Waals surface area contributed by atoms with Crippen LogP contribution in [0.4, 0.5) is 17.6 Å². The summed E-state index contributed by atoms with van der Waals surface area (Å²) in [5.74, 6) is -11.1. The predicted molar refractivity (Wildman–Crippen MR) is 20.9 cm³/mol. The van der Waals surface area contributed by atoms with Gasteiger partial charge in [0, 0.05) is 0 Å². The molecule has 1 saturated heterocycles. The molecule has 0 saturated carbocycles. The molecule has 0 atom stereocenters. The summed E-state index contributed by atoms with van der Waals surface area (Å²) < 4.78 is 51.0. The quantitative estimate of drug-likeness (QED) is 0.385. The maximum absolute atomic E-state index is 11.9. The summed E-state index contributed by atoms with van der Waals surface area (Å²) in [6, 6.07) is 0. The van der Waals surface area contributed by atoms with E-state index >= 15 is 0 Å². The molecule has 1 heterocycles. The number of rotatable bonds is 0. The molecule has 1 rings (SSSR count). The van der Waals surface area contributed by atoms with Crippen LogP contribution < -0.4 is 0 Å². The molecule has 0 aromatic heterocycles. The highest BCUT2D eigenvalue weighted by atomic mass is 19.3. The van der Waals surface area contributed by atoms with Crippen LogP contribution in [0.25, 0.3) is 0 Å². The fourth-order valence-electron chi connectivity index (χ4n) is 0.487. The zero-order valence-electron chi connectivity index (χ0n) is 4.54. The predicted octanol–water partition coefficient (Wildman–Crippen LogP) is 0.814. The molecule has 0 bridgehead atoms. The Hall–Kier alpha value is -0.810. The van der Waals surface area contributed by atoms with Gasteiger partial charge in [0.1, 0.15) is 0 Å². The molecule has 58 valence electrons. The number of esters is 1. The molecule has 6 heteroatoms. The second-order valence-electron chi connectivity index (χ2n) is 1.85. The van der Waals surface area contributed by atoms with E-state index in [0.717, 1.165) is 0 Å². The van der Waals surface area contributed by atoms with E-state index in [-0.39, 0.29) is 0 Å². The van der Waals surface area contributed by atoms with Crippen molar-refractivity contribution in [3.8, 4) is 0 Å². The molecule has 1 aliphatic heterocycles. The third kappa shape index (κ3) is 0.676. The van der Waals surface area contributed by atoms with Crippen molar-refractivity contribution in [1.29, 1.82) is 0 Å². The van der Waals surface area contributed by atoms with Crippen molar-refractivity contribution in [2.45, 2.75) is 11.8 Å². The Morgan fingerprint density at radius 2 is 1.80 bits per heavy atom. The summed E-state index contributed by atoms with van der Waals surface area (Å²) in [5.41, 5.74) is 0. The first-order valence-electron chi connectivity index (χ1n) is 2.31. The van der Waals surface area contributed by atoms with Crippen molar-refractivity contribution < 1.29 is 27.1 Å². The first kappa shape index (κ1) is 7.30. The molecule has 0 N–H and O–H groups in total. The lowest BCUT2D eigenvalue weighted by Crippen LogP contribution is -2.40. The number of carbonyl (C=O) groups excluding carboxylic acids is 1. The highest BCUT2D eigenvalue weighted by Gasteiger charge is 2.68. The fourth-order valence-corrected chi connectivity index (χ4v) is 0.487. The van der Waals surface area contributed by atoms with Crippen LogP contribution in [-0.2, 0) is 9.53 Å². The summed E-state index contributed by atoms with van der Waals surface area (Å²) >= 11 is 0. The maximum atomic E-state index is 11.9. The monoisotopic (exact) mass is 158 g/mol. The van der Waals surface area contributed by atoms with Gasteiger partial charge in [-0.05, 0) is 0 Å². The van der Waals surface area contributed by atoms with Gasteiger partial charge in [-0.25, -0.2) is 4.79 Å². The normalized spacial score (nSPS) is 28.2. The fraction of sp³-hybridized carbons (Fsp3) is 0.750. The standard InChI is InChI=1S/C4H2F4O2/c5-3(6)1-10-2(9)4(3,7)8/h1H2. The van der Waals surface area contributed by atoms with Crippen LogP contribution in [0.5, 0.6) is 0 Å². The van der Waals surface area contributed by atoms with E-state index in [9.17, 15) is 22.4 Å². The number of alkyl halides is 4. The van der Waals surface area contributed by atoms with Gasteiger partial charge in [0.25, 0.3) is 0 Å². The summed E-state index contributed by atoms with van der Waals surface area (Å²) in [5, 5.41) is 0. The molecule has 0 aromatic carbocycles. The van der Waals surface area contributed by atoms with Gasteiger partial charge in [0.05, 0.1) is 0 Å². The molecule has 0 aromatic rings. The van der Waals surface area contributed by atoms with Crippen molar-refractivity contribution in [3.05, 3.63) is 0 Å². The smallest absolute Gasteiger partial charge is 0.407 e. The molecule has 10 heavy (non-hydrogen) atoms. The van der Waals surface area contributed by atoms with Crippen molar-refractivity contribution in [1.82, 2.24) is 0 Å². The van der Waals surface area contributed by atoms with Crippen molar-refractivity contribution in [2.75, 3.05) is 6.61 Å². The van der Waals surface area contributed by atoms with Crippen LogP contribution in [0, 0.1) is 0 Å². The minimum atomic E-state index is -4.65. The van der Waals surface area contributed by atoms with Gasteiger partial charge >= 0.3 is 17.8 Å². The van der Waals surface area contributed by atoms with E-state index in [1.54, 1.807) is 0 Å². The second kappa shape index (κ2) is 1.62. The van der Waals surface area contributed by atoms with Crippen LogP contribution in [0.15, 0.2) is 0 Å². The molecule has 0 radical (unpaired) electrons. The highest BCUT2D eigenvalue weighted by Crippen LogP contribution is 2.40. The number of hydrogen-bond acceptors (Lipinski definition) is 2. The number of hydrogen-bond donors (Lipinski definition) is 0. The molecule has 0 aliphatic carbocycles. The number of halogens is 4. The highest BCUT2D eigenvalue weighted by molar-refractivity contribution is 5.81. The van der Waals surface area contributed by atoms with Gasteiger partial charge in [0.2, 0.25) is 0 Å². The number of cyclic esters (lactones) is 1. The van der Waals surface area contributed by atoms with E-state index in [1.165, 1.54) is 0 Å². The summed E-state index contributed by atoms with van der Waals surface area (Å²) in [6.07, 6.45) is 0. The number of carbonyl (C=O) groups is 1. The van der Waals surface area contributed by atoms with Crippen molar-refractivity contribution >= 4 is 5.97 Å². The van der Waals surface area contributed by atoms with Gasteiger partial charge < -0.3 is 4.74 Å². The van der Waals surface area contributed by atoms with Crippen molar-refractivity contribution in [3.63, 3.8) is 0 Å². The third-order valence-corrected chi connectivity index (χ3v) is 1.10. The van der Waals surface area contributed by atoms with Crippen LogP contribution in [0.2, 0.25) is 0 Å². The lowest BCUT2D eigenvalue weighted by atomic mass is 10.2. The molecule has 0 amide bonds. The average Bonchev–Trinajstić information content (AvgIpc) is 1.94. The maximum Gasteiger partial charge on any atom is 0.407 e. The summed E-state index contributed by atoms with van der Waals surface area (Å²) in [6.45, 7) is -1.53. The summed E-state index contributed by atoms with van der Waals surface area (Å²) in [4.78, 5) is 9.86. The Bertz CT molecular complexity index is 176. The van der Waals surface area contributed by atoms with Gasteiger partial charge in [-0.15, -0.1) is 0 Å². The van der Waals surface area contributed by atoms with E-state index < -0.39 is 24.4 Å².